The lowest BCUT2D eigenvalue weighted by molar-refractivity contribution is -0.0769. The number of piperazine rings is 2. The summed E-state index contributed by atoms with van der Waals surface area (Å²) in [5.41, 5.74) is 8.70. The Hall–Kier alpha value is -3.45. The van der Waals surface area contributed by atoms with E-state index in [0.29, 0.717) is 36.5 Å². The first-order chi connectivity index (χ1) is 37.3. The minimum Gasteiger partial charge on any atom is -0.314 e. The van der Waals surface area contributed by atoms with Crippen LogP contribution in [-0.4, -0.2) is 105 Å². The quantitative estimate of drug-likeness (QED) is 0.145. The van der Waals surface area contributed by atoms with Gasteiger partial charge in [-0.25, -0.2) is 9.36 Å². The van der Waals surface area contributed by atoms with Crippen molar-refractivity contribution in [1.29, 1.82) is 0 Å². The Morgan fingerprint density at radius 2 is 0.896 bits per heavy atom. The maximum Gasteiger partial charge on any atom is 0.170 e. The fraction of sp³-hybridized carbons (Fsp3) is 0.500. The molecule has 4 heterocycles. The van der Waals surface area contributed by atoms with E-state index in [9.17, 15) is 4.79 Å². The van der Waals surface area contributed by atoms with Crippen molar-refractivity contribution in [2.45, 2.75) is 96.7 Å². The number of carbonyl (C=O) groups is 1. The van der Waals surface area contributed by atoms with Crippen LogP contribution in [0.4, 0.5) is 0 Å². The van der Waals surface area contributed by atoms with Crippen LogP contribution in [0.5, 0.6) is 0 Å². The molecule has 16 rings (SSSR count). The maximum absolute atomic E-state index is 11.3. The molecular weight excluding hydrogens is 1090 g/mol. The first-order valence-corrected chi connectivity index (χ1v) is 30.6. The van der Waals surface area contributed by atoms with E-state index in [1.54, 1.807) is 73.2 Å². The summed E-state index contributed by atoms with van der Waals surface area (Å²) >= 11 is 37.3. The molecule has 8 saturated carbocycles. The molecule has 8 aliphatic carbocycles. The fourth-order valence-corrected chi connectivity index (χ4v) is 17.5. The number of aromatic nitrogens is 4. The van der Waals surface area contributed by atoms with Crippen LogP contribution in [0, 0.1) is 61.2 Å². The smallest absolute Gasteiger partial charge is 0.170 e. The Balaban J connectivity index is 0.000000129. The van der Waals surface area contributed by atoms with Crippen molar-refractivity contribution >= 4 is 75.9 Å². The third-order valence-corrected chi connectivity index (χ3v) is 20.7. The third-order valence-electron chi connectivity index (χ3n) is 19.1. The molecule has 77 heavy (non-hydrogen) atoms. The number of hydrogen-bond acceptors (Lipinski definition) is 7. The summed E-state index contributed by atoms with van der Waals surface area (Å²) in [6.07, 6.45) is 16.1. The minimum atomic E-state index is 0.362. The van der Waals surface area contributed by atoms with Crippen molar-refractivity contribution in [3.63, 3.8) is 0 Å². The molecule has 0 radical (unpaired) electrons. The normalized spacial score (nSPS) is 28.5. The van der Waals surface area contributed by atoms with Crippen LogP contribution in [-0.2, 0) is 6.54 Å². The van der Waals surface area contributed by atoms with Gasteiger partial charge in [-0.2, -0.15) is 10.2 Å². The van der Waals surface area contributed by atoms with Crippen LogP contribution < -0.4 is 5.32 Å². The van der Waals surface area contributed by atoms with Crippen LogP contribution in [0.2, 0.25) is 30.1 Å². The summed E-state index contributed by atoms with van der Waals surface area (Å²) in [5.74, 6) is 8.41. The van der Waals surface area contributed by atoms with Gasteiger partial charge >= 0.3 is 0 Å². The monoisotopic (exact) mass is 1150 g/mol. The van der Waals surface area contributed by atoms with Gasteiger partial charge in [-0.3, -0.25) is 19.5 Å². The van der Waals surface area contributed by atoms with Crippen LogP contribution in [0.3, 0.4) is 0 Å². The molecule has 2 aromatic heterocycles. The largest absolute Gasteiger partial charge is 0.314 e. The Morgan fingerprint density at radius 3 is 1.32 bits per heavy atom. The molecule has 10 aliphatic rings. The van der Waals surface area contributed by atoms with Gasteiger partial charge in [0.2, 0.25) is 0 Å². The van der Waals surface area contributed by atoms with Crippen molar-refractivity contribution in [2.75, 3.05) is 52.4 Å². The van der Waals surface area contributed by atoms with Crippen molar-refractivity contribution in [3.8, 4) is 33.9 Å². The van der Waals surface area contributed by atoms with Crippen LogP contribution in [0.1, 0.15) is 91.5 Å². The molecule has 0 atom stereocenters. The van der Waals surface area contributed by atoms with Gasteiger partial charge < -0.3 is 5.32 Å². The van der Waals surface area contributed by atoms with Crippen LogP contribution in [0.15, 0.2) is 84.9 Å². The van der Waals surface area contributed by atoms with E-state index < -0.39 is 0 Å². The SMILES string of the molecule is C1CN(C2C3CC4CC(C3)CC2C4)CCN1.Cc1c(C=O)nn(-c2ccc(Cl)cc2Cl)c1-c1ccc(Cl)cc1.Cc1c(CN2CCN(C3C4CC5CC(C4)CC3C5)CC2)nn(-c2ccc(Cl)cc2Cl)c1-c1ccc(Cl)cc1. The van der Waals surface area contributed by atoms with Crippen molar-refractivity contribution < 1.29 is 4.79 Å². The highest BCUT2D eigenvalue weighted by Gasteiger charge is 2.51. The van der Waals surface area contributed by atoms with Gasteiger partial charge in [0.25, 0.3) is 0 Å². The molecule has 6 aromatic rings. The third kappa shape index (κ3) is 11.3. The van der Waals surface area contributed by atoms with E-state index >= 15 is 0 Å². The highest BCUT2D eigenvalue weighted by Crippen LogP contribution is 2.56. The first-order valence-electron chi connectivity index (χ1n) is 28.3. The molecule has 0 spiro atoms. The Bertz CT molecular complexity index is 3010. The van der Waals surface area contributed by atoms with Crippen molar-refractivity contribution in [2.24, 2.45) is 47.3 Å². The van der Waals surface area contributed by atoms with Gasteiger partial charge in [-0.15, -0.1) is 0 Å². The Kier molecular flexibility index (Phi) is 16.3. The Morgan fingerprint density at radius 1 is 0.494 bits per heavy atom. The number of nitrogens with one attached hydrogen (secondary N) is 1. The lowest BCUT2D eigenvalue weighted by atomic mass is 9.54. The molecule has 2 aliphatic heterocycles. The molecule has 1 N–H and O–H groups in total. The van der Waals surface area contributed by atoms with E-state index in [0.717, 1.165) is 130 Å². The predicted molar refractivity (Wildman–Crippen MR) is 316 cm³/mol. The molecule has 0 unspecified atom stereocenters. The second-order valence-corrected chi connectivity index (χ2v) is 26.4. The second-order valence-electron chi connectivity index (χ2n) is 23.9. The number of benzene rings is 4. The summed E-state index contributed by atoms with van der Waals surface area (Å²) in [5, 5.41) is 16.6. The number of nitrogens with zero attached hydrogens (tertiary/aromatic N) is 7. The first kappa shape index (κ1) is 54.2. The average molecular weight is 1160 g/mol. The predicted octanol–water partition coefficient (Wildman–Crippen LogP) is 15.1. The number of carbonyl (C=O) groups excluding carboxylic acids is 1. The molecule has 2 saturated heterocycles. The van der Waals surface area contributed by atoms with E-state index in [-0.39, 0.29) is 0 Å². The molecule has 15 heteroatoms. The van der Waals surface area contributed by atoms with Gasteiger partial charge in [0, 0.05) is 108 Å². The van der Waals surface area contributed by atoms with E-state index in [4.69, 9.17) is 74.7 Å². The number of halogens is 6. The highest BCUT2D eigenvalue weighted by molar-refractivity contribution is 6.36. The molecule has 4 aromatic carbocycles. The zero-order valence-corrected chi connectivity index (χ0v) is 48.7. The highest BCUT2D eigenvalue weighted by atomic mass is 35.5. The van der Waals surface area contributed by atoms with Gasteiger partial charge in [-0.1, -0.05) is 93.9 Å². The zero-order chi connectivity index (χ0) is 53.1. The van der Waals surface area contributed by atoms with E-state index in [2.05, 4.69) is 44.2 Å². The number of rotatable bonds is 9. The standard InChI is InChI=1S/C31H35Cl3N4.C17H11Cl3N2O.C14H24N2/c1-19-28(18-36-8-10-37(11-9-36)31-23-13-20-12-21(15-23)16-24(31)14-20)35-38(29-7-6-26(33)17-27(29)34)30(19)22-2-4-25(32)5-3-22;1-10-15(9-23)21-22(16-7-6-13(19)8-14(16)20)17(10)11-2-4-12(18)5-3-11;1-3-16(4-2-15-1)14-12-6-10-5-11(8-12)9-13(14)7-10/h2-7,17,20-21,23-24,31H,8-16,18H2,1H3;2-9H,1H3;10-15H,1-9H2. The van der Waals surface area contributed by atoms with Crippen LogP contribution >= 0.6 is 69.6 Å². The van der Waals surface area contributed by atoms with Crippen LogP contribution in [0.25, 0.3) is 33.9 Å². The summed E-state index contributed by atoms with van der Waals surface area (Å²) < 4.78 is 3.64. The van der Waals surface area contributed by atoms with E-state index in [1.807, 2.05) is 48.0 Å². The van der Waals surface area contributed by atoms with Gasteiger partial charge in [0.05, 0.1) is 38.5 Å². The van der Waals surface area contributed by atoms with Gasteiger partial charge in [0.15, 0.2) is 6.29 Å². The van der Waals surface area contributed by atoms with Crippen molar-refractivity contribution in [1.82, 2.24) is 39.6 Å². The summed E-state index contributed by atoms with van der Waals surface area (Å²) in [6.45, 7) is 14.5. The average Bonchev–Trinajstić information content (AvgIpc) is 3.94. The summed E-state index contributed by atoms with van der Waals surface area (Å²) in [4.78, 5) is 19.6. The fourth-order valence-electron chi connectivity index (χ4n) is 16.3. The maximum atomic E-state index is 11.3. The van der Waals surface area contributed by atoms with Gasteiger partial charge in [0.1, 0.15) is 5.69 Å². The lowest BCUT2D eigenvalue weighted by Crippen LogP contribution is -2.60. The topological polar surface area (TPSA) is 74.5 Å². The zero-order valence-electron chi connectivity index (χ0n) is 44.2. The molecular formula is C62H70Cl6N8O. The van der Waals surface area contributed by atoms with Gasteiger partial charge in [-0.05, 0) is 192 Å². The molecule has 406 valence electrons. The summed E-state index contributed by atoms with van der Waals surface area (Å²) in [6, 6.07) is 27.9. The molecule has 10 fully saturated rings. The minimum absolute atomic E-state index is 0.362. The van der Waals surface area contributed by atoms with E-state index in [1.165, 1.54) is 76.9 Å². The van der Waals surface area contributed by atoms with Crippen molar-refractivity contribution in [3.05, 3.63) is 138 Å². The summed E-state index contributed by atoms with van der Waals surface area (Å²) in [7, 11) is 0. The second kappa shape index (κ2) is 23.2. The molecule has 0 amide bonds. The number of aldehydes is 1. The molecule has 8 bridgehead atoms. The Labute approximate surface area is 484 Å². The number of hydrogen-bond donors (Lipinski definition) is 1. The lowest BCUT2D eigenvalue weighted by Gasteiger charge is -2.58. The molecule has 9 nitrogen and oxygen atoms in total.